The summed E-state index contributed by atoms with van der Waals surface area (Å²) < 4.78 is 0. The van der Waals surface area contributed by atoms with Gasteiger partial charge in [-0.1, -0.05) is 5.57 Å². The molecule has 0 spiro atoms. The van der Waals surface area contributed by atoms with Crippen molar-refractivity contribution in [3.63, 3.8) is 0 Å². The van der Waals surface area contributed by atoms with Crippen LogP contribution in [0.2, 0.25) is 0 Å². The van der Waals surface area contributed by atoms with E-state index in [2.05, 4.69) is 0 Å². The fourth-order valence-corrected chi connectivity index (χ4v) is 6.53. The third kappa shape index (κ3) is 2.27. The molecular formula is C20H26O3. The van der Waals surface area contributed by atoms with Crippen molar-refractivity contribution >= 4 is 17.9 Å². The molecular weight excluding hydrogens is 288 g/mol. The monoisotopic (exact) mass is 314 g/mol. The van der Waals surface area contributed by atoms with E-state index in [-0.39, 0.29) is 5.41 Å². The van der Waals surface area contributed by atoms with E-state index >= 15 is 0 Å². The second-order valence-electron chi connectivity index (χ2n) is 8.17. The number of aldehydes is 1. The lowest BCUT2D eigenvalue weighted by Crippen LogP contribution is -2.48. The van der Waals surface area contributed by atoms with Gasteiger partial charge in [0.05, 0.1) is 0 Å². The number of allylic oxidation sites excluding steroid dienone is 1. The molecule has 0 N–H and O–H groups in total. The van der Waals surface area contributed by atoms with Crippen molar-refractivity contribution in [2.45, 2.75) is 64.2 Å². The van der Waals surface area contributed by atoms with E-state index < -0.39 is 0 Å². The highest BCUT2D eigenvalue weighted by molar-refractivity contribution is 5.91. The molecule has 4 rings (SSSR count). The van der Waals surface area contributed by atoms with Crippen molar-refractivity contribution in [2.75, 3.05) is 0 Å². The van der Waals surface area contributed by atoms with Gasteiger partial charge in [-0.15, -0.1) is 0 Å². The molecule has 0 radical (unpaired) electrons. The van der Waals surface area contributed by atoms with Crippen molar-refractivity contribution in [3.8, 4) is 0 Å². The van der Waals surface area contributed by atoms with Crippen LogP contribution in [0.25, 0.3) is 0 Å². The molecule has 4 aliphatic rings. The van der Waals surface area contributed by atoms with E-state index in [1.54, 1.807) is 0 Å². The second kappa shape index (κ2) is 5.68. The summed E-state index contributed by atoms with van der Waals surface area (Å²) in [5.74, 6) is 3.13. The minimum atomic E-state index is -0.187. The molecule has 0 heterocycles. The van der Waals surface area contributed by atoms with Crippen molar-refractivity contribution in [1.29, 1.82) is 0 Å². The molecule has 3 nitrogen and oxygen atoms in total. The Morgan fingerprint density at radius 1 is 1.04 bits per heavy atom. The summed E-state index contributed by atoms with van der Waals surface area (Å²) in [6.07, 6.45) is 12.0. The summed E-state index contributed by atoms with van der Waals surface area (Å²) in [6, 6.07) is 0. The zero-order valence-electron chi connectivity index (χ0n) is 13.8. The van der Waals surface area contributed by atoms with Gasteiger partial charge >= 0.3 is 0 Å². The third-order valence-corrected chi connectivity index (χ3v) is 7.45. The fraction of sp³-hybridized carbons (Fsp3) is 0.750. The minimum Gasteiger partial charge on any atom is -0.303 e. The van der Waals surface area contributed by atoms with Crippen molar-refractivity contribution < 1.29 is 14.4 Å². The molecule has 0 aliphatic heterocycles. The van der Waals surface area contributed by atoms with Crippen LogP contribution in [0, 0.1) is 29.1 Å². The van der Waals surface area contributed by atoms with E-state index in [1.165, 1.54) is 5.57 Å². The summed E-state index contributed by atoms with van der Waals surface area (Å²) in [4.78, 5) is 35.3. The number of Topliss-reactive ketones (excluding diaryl/α,β-unsaturated/α-hetero) is 1. The van der Waals surface area contributed by atoms with Crippen LogP contribution in [0.4, 0.5) is 0 Å². The number of carbonyl (C=O) groups is 3. The molecule has 124 valence electrons. The zero-order valence-corrected chi connectivity index (χ0v) is 13.8. The van der Waals surface area contributed by atoms with Gasteiger partial charge in [0.25, 0.3) is 0 Å². The maximum atomic E-state index is 12.7. The van der Waals surface area contributed by atoms with E-state index in [4.69, 9.17) is 0 Å². The number of ketones is 2. The van der Waals surface area contributed by atoms with Gasteiger partial charge in [0, 0.05) is 24.7 Å². The topological polar surface area (TPSA) is 51.2 Å². The molecule has 0 amide bonds. The Morgan fingerprint density at radius 3 is 2.74 bits per heavy atom. The van der Waals surface area contributed by atoms with Crippen molar-refractivity contribution in [3.05, 3.63) is 11.6 Å². The Hall–Kier alpha value is -1.25. The number of hydrogen-bond donors (Lipinski definition) is 0. The maximum Gasteiger partial charge on any atom is 0.155 e. The summed E-state index contributed by atoms with van der Waals surface area (Å²) in [5.41, 5.74) is 1.21. The molecule has 3 fully saturated rings. The second-order valence-corrected chi connectivity index (χ2v) is 8.17. The summed E-state index contributed by atoms with van der Waals surface area (Å²) >= 11 is 0. The molecule has 0 aromatic carbocycles. The predicted octanol–water partition coefficient (Wildman–Crippen LogP) is 3.66. The Bertz CT molecular complexity index is 575. The highest BCUT2D eigenvalue weighted by atomic mass is 16.1. The average molecular weight is 314 g/mol. The summed E-state index contributed by atoms with van der Waals surface area (Å²) in [5, 5.41) is 0. The Balaban J connectivity index is 1.62. The van der Waals surface area contributed by atoms with Crippen molar-refractivity contribution in [2.24, 2.45) is 29.1 Å². The smallest absolute Gasteiger partial charge is 0.155 e. The van der Waals surface area contributed by atoms with Crippen LogP contribution < -0.4 is 0 Å². The largest absolute Gasteiger partial charge is 0.303 e. The van der Waals surface area contributed by atoms with Crippen LogP contribution in [0.3, 0.4) is 0 Å². The van der Waals surface area contributed by atoms with Crippen molar-refractivity contribution in [1.82, 2.24) is 0 Å². The van der Waals surface area contributed by atoms with Gasteiger partial charge in [-0.25, -0.2) is 0 Å². The molecule has 0 bridgehead atoms. The number of fused-ring (bicyclic) bond motifs is 5. The van der Waals surface area contributed by atoms with Gasteiger partial charge in [-0.3, -0.25) is 9.59 Å². The molecule has 0 aromatic heterocycles. The third-order valence-electron chi connectivity index (χ3n) is 7.45. The Labute approximate surface area is 137 Å². The normalized spacial score (nSPS) is 42.5. The molecule has 0 saturated heterocycles. The fourth-order valence-electron chi connectivity index (χ4n) is 6.53. The molecule has 0 unspecified atom stereocenters. The first-order valence-corrected chi connectivity index (χ1v) is 9.36. The Kier molecular flexibility index (Phi) is 3.78. The van der Waals surface area contributed by atoms with Crippen LogP contribution in [0.5, 0.6) is 0 Å². The lowest BCUT2D eigenvalue weighted by molar-refractivity contribution is -0.133. The van der Waals surface area contributed by atoms with Gasteiger partial charge in [-0.2, -0.15) is 0 Å². The molecule has 23 heavy (non-hydrogen) atoms. The van der Waals surface area contributed by atoms with Gasteiger partial charge < -0.3 is 4.79 Å². The zero-order chi connectivity index (χ0) is 16.0. The average Bonchev–Trinajstić information content (AvgIpc) is 2.89. The molecule has 0 aromatic rings. The van der Waals surface area contributed by atoms with Crippen LogP contribution in [0.1, 0.15) is 64.2 Å². The van der Waals surface area contributed by atoms with Crippen LogP contribution in [-0.4, -0.2) is 17.9 Å². The number of rotatable bonds is 3. The first-order chi connectivity index (χ1) is 11.2. The van der Waals surface area contributed by atoms with Gasteiger partial charge in [-0.05, 0) is 74.7 Å². The lowest BCUT2D eigenvalue weighted by Gasteiger charge is -2.53. The van der Waals surface area contributed by atoms with E-state index in [1.807, 2.05) is 6.08 Å². The summed E-state index contributed by atoms with van der Waals surface area (Å²) in [6.45, 7) is 0. The number of hydrogen-bond acceptors (Lipinski definition) is 3. The SMILES string of the molecule is O=CCC[C@]12CC[C@H]3[C@@H](CCC4=CC(=O)CC[C@@H]43)[C@@H]1CCC2=O. The maximum absolute atomic E-state index is 12.7. The van der Waals surface area contributed by atoms with Gasteiger partial charge in [0.1, 0.15) is 12.1 Å². The summed E-state index contributed by atoms with van der Waals surface area (Å²) in [7, 11) is 0. The minimum absolute atomic E-state index is 0.187. The predicted molar refractivity (Wildman–Crippen MR) is 86.7 cm³/mol. The standard InChI is InChI=1S/C20H26O3/c21-11-1-9-20-10-8-16-15-5-3-14(22)12-13(15)2-4-17(16)18(20)6-7-19(20)23/h11-12,15-18H,1-10H2/t15-,16+,17+,18-,20-/m0/s1. The van der Waals surface area contributed by atoms with E-state index in [0.29, 0.717) is 48.1 Å². The number of carbonyl (C=O) groups excluding carboxylic acids is 3. The van der Waals surface area contributed by atoms with Crippen LogP contribution in [-0.2, 0) is 14.4 Å². The highest BCUT2D eigenvalue weighted by Crippen LogP contribution is 2.62. The molecule has 4 aliphatic carbocycles. The molecule has 3 heteroatoms. The van der Waals surface area contributed by atoms with Crippen LogP contribution >= 0.6 is 0 Å². The van der Waals surface area contributed by atoms with E-state index in [9.17, 15) is 14.4 Å². The quantitative estimate of drug-likeness (QED) is 0.747. The first-order valence-electron chi connectivity index (χ1n) is 9.36. The molecule has 3 saturated carbocycles. The van der Waals surface area contributed by atoms with E-state index in [0.717, 1.165) is 57.7 Å². The van der Waals surface area contributed by atoms with Gasteiger partial charge in [0.15, 0.2) is 5.78 Å². The Morgan fingerprint density at radius 2 is 1.91 bits per heavy atom. The molecule has 5 atom stereocenters. The van der Waals surface area contributed by atoms with Gasteiger partial charge in [0.2, 0.25) is 0 Å². The highest BCUT2D eigenvalue weighted by Gasteiger charge is 2.57. The van der Waals surface area contributed by atoms with Crippen LogP contribution in [0.15, 0.2) is 11.6 Å². The lowest BCUT2D eigenvalue weighted by atomic mass is 9.51. The first kappa shape index (κ1) is 15.3.